The Balaban J connectivity index is 4.30. The van der Waals surface area contributed by atoms with Gasteiger partial charge in [-0.3, -0.25) is 0 Å². The summed E-state index contributed by atoms with van der Waals surface area (Å²) in [5, 5.41) is 7.66. The average molecular weight is 169 g/mol. The van der Waals surface area contributed by atoms with E-state index in [4.69, 9.17) is 16.7 Å². The number of halogens is 2. The van der Waals surface area contributed by atoms with Crippen LogP contribution < -0.4 is 0 Å². The van der Waals surface area contributed by atoms with Crippen molar-refractivity contribution in [1.82, 2.24) is 0 Å². The van der Waals surface area contributed by atoms with Crippen LogP contribution in [-0.2, 0) is 9.53 Å². The first kappa shape index (κ1) is 9.39. The fourth-order valence-electron chi connectivity index (χ4n) is 0.270. The van der Waals surface area contributed by atoms with Crippen molar-refractivity contribution in [3.8, 4) is 0 Å². The highest BCUT2D eigenvalue weighted by Gasteiger charge is 2.12. The molecule has 0 atom stereocenters. The highest BCUT2D eigenvalue weighted by atomic mass is 35.5. The monoisotopic (exact) mass is 168 g/mol. The minimum absolute atomic E-state index is 0.549. The zero-order valence-corrected chi connectivity index (χ0v) is 5.98. The van der Waals surface area contributed by atoms with Gasteiger partial charge in [-0.05, 0) is 0 Å². The van der Waals surface area contributed by atoms with Crippen LogP contribution in [-0.4, -0.2) is 24.8 Å². The minimum atomic E-state index is -1.26. The standard InChI is InChI=1S/C5H6ClFO3/c1-10-5(9)4(7)3(6)2-8/h8H,2H2,1H3/b4-3+. The van der Waals surface area contributed by atoms with Gasteiger partial charge >= 0.3 is 5.97 Å². The predicted octanol–water partition coefficient (Wildman–Crippen LogP) is 0.572. The third-order valence-electron chi connectivity index (χ3n) is 0.742. The van der Waals surface area contributed by atoms with Crippen molar-refractivity contribution in [2.24, 2.45) is 0 Å². The molecular weight excluding hydrogens is 163 g/mol. The Morgan fingerprint density at radius 1 is 1.80 bits per heavy atom. The van der Waals surface area contributed by atoms with Crippen LogP contribution in [0.5, 0.6) is 0 Å². The van der Waals surface area contributed by atoms with Gasteiger partial charge in [0.15, 0.2) is 0 Å². The first-order valence-corrected chi connectivity index (χ1v) is 2.74. The lowest BCUT2D eigenvalue weighted by molar-refractivity contribution is -0.137. The van der Waals surface area contributed by atoms with Crippen LogP contribution in [0.25, 0.3) is 0 Å². The van der Waals surface area contributed by atoms with Gasteiger partial charge in [-0.2, -0.15) is 4.39 Å². The number of aliphatic hydroxyl groups is 1. The fourth-order valence-corrected chi connectivity index (χ4v) is 0.347. The van der Waals surface area contributed by atoms with Gasteiger partial charge in [-0.15, -0.1) is 0 Å². The summed E-state index contributed by atoms with van der Waals surface area (Å²) in [5.74, 6) is -2.44. The number of ether oxygens (including phenoxy) is 1. The smallest absolute Gasteiger partial charge is 0.368 e. The molecule has 3 nitrogen and oxygen atoms in total. The Morgan fingerprint density at radius 3 is 2.60 bits per heavy atom. The van der Waals surface area contributed by atoms with E-state index in [1.807, 2.05) is 0 Å². The Morgan fingerprint density at radius 2 is 2.30 bits per heavy atom. The molecular formula is C5H6ClFO3. The Kier molecular flexibility index (Phi) is 3.99. The molecule has 0 saturated heterocycles. The summed E-state index contributed by atoms with van der Waals surface area (Å²) in [5.41, 5.74) is 0. The van der Waals surface area contributed by atoms with Crippen molar-refractivity contribution >= 4 is 17.6 Å². The number of rotatable bonds is 2. The predicted molar refractivity (Wildman–Crippen MR) is 33.1 cm³/mol. The van der Waals surface area contributed by atoms with Gasteiger partial charge in [-0.25, -0.2) is 4.79 Å². The van der Waals surface area contributed by atoms with E-state index in [0.29, 0.717) is 0 Å². The average Bonchev–Trinajstić information content (AvgIpc) is 2.00. The van der Waals surface area contributed by atoms with Gasteiger partial charge in [0.1, 0.15) is 0 Å². The number of hydrogen-bond acceptors (Lipinski definition) is 3. The maximum Gasteiger partial charge on any atom is 0.368 e. The third-order valence-corrected chi connectivity index (χ3v) is 1.03. The summed E-state index contributed by atoms with van der Waals surface area (Å²) in [6, 6.07) is 0. The summed E-state index contributed by atoms with van der Waals surface area (Å²) in [6.07, 6.45) is 0. The summed E-state index contributed by atoms with van der Waals surface area (Å²) in [4.78, 5) is 10.3. The van der Waals surface area contributed by atoms with E-state index < -0.39 is 23.4 Å². The first-order chi connectivity index (χ1) is 4.63. The molecule has 0 spiro atoms. The molecule has 0 radical (unpaired) electrons. The molecule has 0 rings (SSSR count). The van der Waals surface area contributed by atoms with Crippen LogP contribution >= 0.6 is 11.6 Å². The topological polar surface area (TPSA) is 46.5 Å². The molecule has 5 heteroatoms. The third kappa shape index (κ3) is 2.33. The van der Waals surface area contributed by atoms with Crippen molar-refractivity contribution in [2.45, 2.75) is 0 Å². The lowest BCUT2D eigenvalue weighted by atomic mass is 10.5. The second-order valence-electron chi connectivity index (χ2n) is 1.37. The van der Waals surface area contributed by atoms with Gasteiger partial charge in [0.05, 0.1) is 18.7 Å². The Labute approximate surface area is 62.0 Å². The zero-order valence-electron chi connectivity index (χ0n) is 5.23. The molecule has 0 unspecified atom stereocenters. The van der Waals surface area contributed by atoms with Crippen molar-refractivity contribution in [3.05, 3.63) is 10.9 Å². The van der Waals surface area contributed by atoms with Gasteiger partial charge in [-0.1, -0.05) is 11.6 Å². The first-order valence-electron chi connectivity index (χ1n) is 2.36. The molecule has 0 aromatic carbocycles. The molecule has 58 valence electrons. The molecule has 0 bridgehead atoms. The molecule has 10 heavy (non-hydrogen) atoms. The van der Waals surface area contributed by atoms with E-state index in [1.54, 1.807) is 0 Å². The highest BCUT2D eigenvalue weighted by molar-refractivity contribution is 6.31. The number of hydrogen-bond donors (Lipinski definition) is 1. The van der Waals surface area contributed by atoms with E-state index in [9.17, 15) is 9.18 Å². The highest BCUT2D eigenvalue weighted by Crippen LogP contribution is 2.10. The maximum absolute atomic E-state index is 12.3. The Hall–Kier alpha value is -0.610. The molecule has 1 N–H and O–H groups in total. The molecule has 0 aliphatic rings. The minimum Gasteiger partial charge on any atom is -0.464 e. The number of carbonyl (C=O) groups is 1. The molecule has 0 amide bonds. The Bertz CT molecular complexity index is 166. The second kappa shape index (κ2) is 4.24. The quantitative estimate of drug-likeness (QED) is 0.485. The van der Waals surface area contributed by atoms with Gasteiger partial charge in [0, 0.05) is 0 Å². The molecule has 0 heterocycles. The summed E-state index contributed by atoms with van der Waals surface area (Å²) >= 11 is 5.04. The van der Waals surface area contributed by atoms with Gasteiger partial charge in [0.2, 0.25) is 5.83 Å². The number of esters is 1. The van der Waals surface area contributed by atoms with Gasteiger partial charge in [0.25, 0.3) is 0 Å². The van der Waals surface area contributed by atoms with Crippen molar-refractivity contribution in [2.75, 3.05) is 13.7 Å². The molecule has 0 saturated carbocycles. The lowest BCUT2D eigenvalue weighted by Crippen LogP contribution is -2.03. The zero-order chi connectivity index (χ0) is 8.15. The molecule has 0 aliphatic carbocycles. The van der Waals surface area contributed by atoms with Crippen LogP contribution in [0, 0.1) is 0 Å². The normalized spacial score (nSPS) is 12.4. The van der Waals surface area contributed by atoms with Crippen LogP contribution in [0.15, 0.2) is 10.9 Å². The molecule has 0 fully saturated rings. The number of carbonyl (C=O) groups excluding carboxylic acids is 1. The lowest BCUT2D eigenvalue weighted by Gasteiger charge is -1.95. The van der Waals surface area contributed by atoms with Crippen LogP contribution in [0.3, 0.4) is 0 Å². The summed E-state index contributed by atoms with van der Waals surface area (Å²) < 4.78 is 16.3. The van der Waals surface area contributed by atoms with Crippen molar-refractivity contribution < 1.29 is 19.0 Å². The van der Waals surface area contributed by atoms with Crippen LogP contribution in [0.2, 0.25) is 0 Å². The van der Waals surface area contributed by atoms with E-state index >= 15 is 0 Å². The second-order valence-corrected chi connectivity index (χ2v) is 1.82. The number of aliphatic hydroxyl groups excluding tert-OH is 1. The SMILES string of the molecule is COC(=O)/C(F)=C(\Cl)CO. The van der Waals surface area contributed by atoms with E-state index in [1.165, 1.54) is 0 Å². The van der Waals surface area contributed by atoms with Crippen LogP contribution in [0.4, 0.5) is 4.39 Å². The van der Waals surface area contributed by atoms with Gasteiger partial charge < -0.3 is 9.84 Å². The summed E-state index contributed by atoms with van der Waals surface area (Å²) in [7, 11) is 1.02. The van der Waals surface area contributed by atoms with E-state index in [2.05, 4.69) is 4.74 Å². The van der Waals surface area contributed by atoms with Crippen LogP contribution in [0.1, 0.15) is 0 Å². The van der Waals surface area contributed by atoms with Crippen molar-refractivity contribution in [3.63, 3.8) is 0 Å². The van der Waals surface area contributed by atoms with E-state index in [0.717, 1.165) is 7.11 Å². The summed E-state index contributed by atoms with van der Waals surface area (Å²) in [6.45, 7) is -0.706. The fraction of sp³-hybridized carbons (Fsp3) is 0.400. The van der Waals surface area contributed by atoms with Crippen molar-refractivity contribution in [1.29, 1.82) is 0 Å². The maximum atomic E-state index is 12.3. The molecule has 0 aromatic heterocycles. The van der Waals surface area contributed by atoms with E-state index in [-0.39, 0.29) is 0 Å². The largest absolute Gasteiger partial charge is 0.464 e. The number of methoxy groups -OCH3 is 1. The molecule has 0 aromatic rings. The molecule has 0 aliphatic heterocycles.